The first-order valence-electron chi connectivity index (χ1n) is 7.16. The van der Waals surface area contributed by atoms with E-state index in [1.165, 1.54) is 0 Å². The maximum Gasteiger partial charge on any atom is 0.127 e. The average molecular weight is 280 g/mol. The van der Waals surface area contributed by atoms with E-state index in [9.17, 15) is 0 Å². The van der Waals surface area contributed by atoms with Crippen molar-refractivity contribution in [3.63, 3.8) is 0 Å². The summed E-state index contributed by atoms with van der Waals surface area (Å²) in [7, 11) is 7.51. The van der Waals surface area contributed by atoms with Gasteiger partial charge >= 0.3 is 0 Å². The standard InChI is InChI=1S/C16H28N2O2/c1-7-12(2)18(4)11-15(17-3)14-9-8-13(19-5)10-16(14)20-6/h8-10,12,15,17H,7,11H2,1-6H3. The van der Waals surface area contributed by atoms with Crippen LogP contribution in [-0.2, 0) is 0 Å². The van der Waals surface area contributed by atoms with E-state index < -0.39 is 0 Å². The Morgan fingerprint density at radius 1 is 1.25 bits per heavy atom. The molecule has 0 radical (unpaired) electrons. The minimum atomic E-state index is 0.231. The van der Waals surface area contributed by atoms with Gasteiger partial charge in [-0.05, 0) is 33.5 Å². The summed E-state index contributed by atoms with van der Waals surface area (Å²) < 4.78 is 10.8. The maximum absolute atomic E-state index is 5.50. The van der Waals surface area contributed by atoms with E-state index in [0.717, 1.165) is 30.0 Å². The number of benzene rings is 1. The van der Waals surface area contributed by atoms with Gasteiger partial charge in [-0.1, -0.05) is 13.0 Å². The third-order valence-corrected chi connectivity index (χ3v) is 3.98. The smallest absolute Gasteiger partial charge is 0.127 e. The van der Waals surface area contributed by atoms with Gasteiger partial charge in [-0.15, -0.1) is 0 Å². The van der Waals surface area contributed by atoms with Gasteiger partial charge in [-0.25, -0.2) is 0 Å². The third-order valence-electron chi connectivity index (χ3n) is 3.98. The number of rotatable bonds is 8. The summed E-state index contributed by atoms with van der Waals surface area (Å²) in [6, 6.07) is 6.78. The highest BCUT2D eigenvalue weighted by molar-refractivity contribution is 5.42. The van der Waals surface area contributed by atoms with Crippen molar-refractivity contribution in [1.82, 2.24) is 10.2 Å². The average Bonchev–Trinajstić information content (AvgIpc) is 2.50. The lowest BCUT2D eigenvalue weighted by Gasteiger charge is -2.29. The highest BCUT2D eigenvalue weighted by Gasteiger charge is 2.19. The van der Waals surface area contributed by atoms with Crippen molar-refractivity contribution in [3.8, 4) is 11.5 Å². The van der Waals surface area contributed by atoms with Gasteiger partial charge in [-0.3, -0.25) is 0 Å². The molecule has 1 rings (SSSR count). The molecule has 0 saturated heterocycles. The number of likely N-dealkylation sites (N-methyl/N-ethyl adjacent to an activating group) is 2. The van der Waals surface area contributed by atoms with E-state index in [2.05, 4.69) is 37.2 Å². The van der Waals surface area contributed by atoms with Gasteiger partial charge in [0.15, 0.2) is 0 Å². The summed E-state index contributed by atoms with van der Waals surface area (Å²) in [4.78, 5) is 2.37. The first-order valence-corrected chi connectivity index (χ1v) is 7.16. The molecule has 0 bridgehead atoms. The van der Waals surface area contributed by atoms with E-state index >= 15 is 0 Å². The van der Waals surface area contributed by atoms with Gasteiger partial charge in [0.05, 0.1) is 14.2 Å². The molecule has 114 valence electrons. The van der Waals surface area contributed by atoms with Gasteiger partial charge in [0.1, 0.15) is 11.5 Å². The Balaban J connectivity index is 2.94. The normalized spacial score (nSPS) is 14.2. The first kappa shape index (κ1) is 16.8. The van der Waals surface area contributed by atoms with E-state index in [1.807, 2.05) is 19.2 Å². The number of nitrogens with one attached hydrogen (secondary N) is 1. The second-order valence-electron chi connectivity index (χ2n) is 5.15. The van der Waals surface area contributed by atoms with Crippen LogP contribution in [0.25, 0.3) is 0 Å². The Kier molecular flexibility index (Phi) is 6.82. The van der Waals surface area contributed by atoms with Crippen molar-refractivity contribution in [2.45, 2.75) is 32.4 Å². The SMILES string of the molecule is CCC(C)N(C)CC(NC)c1ccc(OC)cc1OC. The van der Waals surface area contributed by atoms with Gasteiger partial charge in [0, 0.05) is 30.3 Å². The Morgan fingerprint density at radius 2 is 1.95 bits per heavy atom. The lowest BCUT2D eigenvalue weighted by Crippen LogP contribution is -2.36. The number of methoxy groups -OCH3 is 2. The first-order chi connectivity index (χ1) is 9.57. The predicted octanol–water partition coefficient (Wildman–Crippen LogP) is 2.69. The maximum atomic E-state index is 5.50. The Hall–Kier alpha value is -1.26. The molecule has 0 saturated carbocycles. The Labute approximate surface area is 123 Å². The number of hydrogen-bond donors (Lipinski definition) is 1. The predicted molar refractivity (Wildman–Crippen MR) is 83.7 cm³/mol. The van der Waals surface area contributed by atoms with Crippen LogP contribution in [0.3, 0.4) is 0 Å². The zero-order chi connectivity index (χ0) is 15.1. The Morgan fingerprint density at radius 3 is 2.45 bits per heavy atom. The van der Waals surface area contributed by atoms with Crippen molar-refractivity contribution in [3.05, 3.63) is 23.8 Å². The molecule has 0 fully saturated rings. The molecule has 4 nitrogen and oxygen atoms in total. The summed E-state index contributed by atoms with van der Waals surface area (Å²) in [5.41, 5.74) is 1.16. The van der Waals surface area contributed by atoms with E-state index in [4.69, 9.17) is 9.47 Å². The van der Waals surface area contributed by atoms with Gasteiger partial charge in [-0.2, -0.15) is 0 Å². The molecule has 1 aromatic carbocycles. The fraction of sp³-hybridized carbons (Fsp3) is 0.625. The van der Waals surface area contributed by atoms with E-state index in [-0.39, 0.29) is 6.04 Å². The highest BCUT2D eigenvalue weighted by Crippen LogP contribution is 2.30. The summed E-state index contributed by atoms with van der Waals surface area (Å²) in [5, 5.41) is 3.38. The summed E-state index contributed by atoms with van der Waals surface area (Å²) in [6.45, 7) is 5.40. The molecule has 2 atom stereocenters. The quantitative estimate of drug-likeness (QED) is 0.794. The molecule has 0 aliphatic rings. The second kappa shape index (κ2) is 8.12. The zero-order valence-electron chi connectivity index (χ0n) is 13.6. The molecule has 0 aliphatic heterocycles. The zero-order valence-corrected chi connectivity index (χ0v) is 13.6. The highest BCUT2D eigenvalue weighted by atomic mass is 16.5. The number of hydrogen-bond acceptors (Lipinski definition) is 4. The molecule has 0 heterocycles. The fourth-order valence-corrected chi connectivity index (χ4v) is 2.23. The summed E-state index contributed by atoms with van der Waals surface area (Å²) in [6.07, 6.45) is 1.15. The molecule has 0 spiro atoms. The minimum Gasteiger partial charge on any atom is -0.497 e. The van der Waals surface area contributed by atoms with Crippen molar-refractivity contribution in [2.75, 3.05) is 34.9 Å². The molecule has 4 heteroatoms. The molecule has 1 aromatic rings. The van der Waals surface area contributed by atoms with Crippen LogP contribution in [0.1, 0.15) is 31.9 Å². The van der Waals surface area contributed by atoms with Crippen LogP contribution in [0.15, 0.2) is 18.2 Å². The summed E-state index contributed by atoms with van der Waals surface area (Å²) in [5.74, 6) is 1.68. The fourth-order valence-electron chi connectivity index (χ4n) is 2.23. The topological polar surface area (TPSA) is 33.7 Å². The van der Waals surface area contributed by atoms with Gasteiger partial charge in [0.2, 0.25) is 0 Å². The second-order valence-corrected chi connectivity index (χ2v) is 5.15. The van der Waals surface area contributed by atoms with Crippen molar-refractivity contribution < 1.29 is 9.47 Å². The van der Waals surface area contributed by atoms with E-state index in [0.29, 0.717) is 6.04 Å². The lowest BCUT2D eigenvalue weighted by molar-refractivity contribution is 0.226. The molecule has 2 unspecified atom stereocenters. The van der Waals surface area contributed by atoms with Crippen LogP contribution in [0.2, 0.25) is 0 Å². The molecule has 20 heavy (non-hydrogen) atoms. The van der Waals surface area contributed by atoms with Crippen LogP contribution in [0.5, 0.6) is 11.5 Å². The lowest BCUT2D eigenvalue weighted by atomic mass is 10.0. The number of ether oxygens (including phenoxy) is 2. The minimum absolute atomic E-state index is 0.231. The largest absolute Gasteiger partial charge is 0.497 e. The van der Waals surface area contributed by atoms with Crippen LogP contribution in [0, 0.1) is 0 Å². The van der Waals surface area contributed by atoms with Crippen molar-refractivity contribution in [2.24, 2.45) is 0 Å². The molecular formula is C16H28N2O2. The van der Waals surface area contributed by atoms with Crippen molar-refractivity contribution in [1.29, 1.82) is 0 Å². The number of nitrogens with zero attached hydrogens (tertiary/aromatic N) is 1. The summed E-state index contributed by atoms with van der Waals surface area (Å²) >= 11 is 0. The molecular weight excluding hydrogens is 252 g/mol. The third kappa shape index (κ3) is 4.12. The van der Waals surface area contributed by atoms with Gasteiger partial charge < -0.3 is 19.7 Å². The molecule has 0 aliphatic carbocycles. The molecule has 0 aromatic heterocycles. The van der Waals surface area contributed by atoms with Crippen LogP contribution in [-0.4, -0.2) is 45.8 Å². The van der Waals surface area contributed by atoms with Gasteiger partial charge in [0.25, 0.3) is 0 Å². The van der Waals surface area contributed by atoms with E-state index in [1.54, 1.807) is 14.2 Å². The van der Waals surface area contributed by atoms with Crippen LogP contribution >= 0.6 is 0 Å². The molecule has 0 amide bonds. The monoisotopic (exact) mass is 280 g/mol. The van der Waals surface area contributed by atoms with Crippen LogP contribution < -0.4 is 14.8 Å². The van der Waals surface area contributed by atoms with Crippen molar-refractivity contribution >= 4 is 0 Å². The molecule has 1 N–H and O–H groups in total. The van der Waals surface area contributed by atoms with Crippen LogP contribution in [0.4, 0.5) is 0 Å². The Bertz CT molecular complexity index is 409.